The van der Waals surface area contributed by atoms with E-state index in [0.29, 0.717) is 34.1 Å². The molecule has 1 aliphatic heterocycles. The zero-order valence-corrected chi connectivity index (χ0v) is 19.7. The van der Waals surface area contributed by atoms with E-state index in [-0.39, 0.29) is 18.3 Å². The summed E-state index contributed by atoms with van der Waals surface area (Å²) in [5, 5.41) is 2.84. The van der Waals surface area contributed by atoms with Crippen molar-refractivity contribution in [3.8, 4) is 22.8 Å². The lowest BCUT2D eigenvalue weighted by molar-refractivity contribution is 0.0950. The van der Waals surface area contributed by atoms with Gasteiger partial charge in [0.15, 0.2) is 0 Å². The fraction of sp³-hybridized carbons (Fsp3) is 0.308. The number of rotatable bonds is 7. The van der Waals surface area contributed by atoms with Crippen molar-refractivity contribution in [2.75, 3.05) is 52.3 Å². The van der Waals surface area contributed by atoms with Gasteiger partial charge in [0.05, 0.1) is 25.5 Å². The summed E-state index contributed by atoms with van der Waals surface area (Å²) in [6.45, 7) is 3.32. The van der Waals surface area contributed by atoms with Crippen LogP contribution in [0, 0.1) is 5.82 Å². The second-order valence-electron chi connectivity index (χ2n) is 8.20. The third-order valence-corrected chi connectivity index (χ3v) is 6.00. The molecule has 1 N–H and O–H groups in total. The smallest absolute Gasteiger partial charge is 0.255 e. The lowest BCUT2D eigenvalue weighted by Gasteiger charge is -2.34. The van der Waals surface area contributed by atoms with Crippen LogP contribution in [0.25, 0.3) is 11.3 Å². The number of ether oxygens (including phenoxy) is 2. The van der Waals surface area contributed by atoms with Crippen LogP contribution in [0.15, 0.2) is 54.6 Å². The van der Waals surface area contributed by atoms with Crippen LogP contribution in [0.1, 0.15) is 15.9 Å². The first-order valence-corrected chi connectivity index (χ1v) is 11.2. The van der Waals surface area contributed by atoms with Gasteiger partial charge >= 0.3 is 0 Å². The Bertz CT molecular complexity index is 1160. The molecule has 8 heteroatoms. The normalized spacial score (nSPS) is 14.1. The first-order valence-electron chi connectivity index (χ1n) is 11.2. The van der Waals surface area contributed by atoms with Crippen molar-refractivity contribution in [2.24, 2.45) is 0 Å². The number of hydrogen-bond donors (Lipinski definition) is 1. The first kappa shape index (κ1) is 23.5. The molecule has 0 aliphatic carbocycles. The maximum absolute atomic E-state index is 14.0. The molecule has 3 aromatic rings. The summed E-state index contributed by atoms with van der Waals surface area (Å²) >= 11 is 0. The van der Waals surface area contributed by atoms with Crippen molar-refractivity contribution < 1.29 is 18.7 Å². The van der Waals surface area contributed by atoms with Gasteiger partial charge in [-0.15, -0.1) is 0 Å². The van der Waals surface area contributed by atoms with E-state index < -0.39 is 0 Å². The molecule has 0 spiro atoms. The molecular formula is C26H29FN4O3. The first-order chi connectivity index (χ1) is 16.5. The van der Waals surface area contributed by atoms with Gasteiger partial charge in [0, 0.05) is 43.9 Å². The van der Waals surface area contributed by atoms with Crippen LogP contribution in [0.5, 0.6) is 11.5 Å². The number of benzene rings is 2. The van der Waals surface area contributed by atoms with Crippen molar-refractivity contribution in [3.05, 3.63) is 71.5 Å². The highest BCUT2D eigenvalue weighted by Gasteiger charge is 2.23. The van der Waals surface area contributed by atoms with Crippen LogP contribution in [0.4, 0.5) is 10.2 Å². The molecule has 0 bridgehead atoms. The molecular weight excluding hydrogens is 435 g/mol. The fourth-order valence-electron chi connectivity index (χ4n) is 3.96. The standard InChI is InChI=1S/C26H29FN4O3/c1-30-12-14-31(15-13-30)25-20(26(32)28-17-18-6-4-5-7-22(18)27)9-10-23(29-25)21-16-19(33-2)8-11-24(21)34-3/h4-11,16H,12-15,17H2,1-3H3,(H,28,32). The third-order valence-electron chi connectivity index (χ3n) is 6.00. The largest absolute Gasteiger partial charge is 0.497 e. The highest BCUT2D eigenvalue weighted by Crippen LogP contribution is 2.34. The Labute approximate surface area is 199 Å². The Hall–Kier alpha value is -3.65. The van der Waals surface area contributed by atoms with E-state index >= 15 is 0 Å². The number of anilines is 1. The Morgan fingerprint density at radius 3 is 2.50 bits per heavy atom. The zero-order valence-electron chi connectivity index (χ0n) is 19.7. The maximum atomic E-state index is 14.0. The fourth-order valence-corrected chi connectivity index (χ4v) is 3.96. The van der Waals surface area contributed by atoms with Crippen molar-refractivity contribution in [1.29, 1.82) is 0 Å². The van der Waals surface area contributed by atoms with E-state index in [2.05, 4.69) is 22.2 Å². The number of amides is 1. The second-order valence-corrected chi connectivity index (χ2v) is 8.20. The van der Waals surface area contributed by atoms with Gasteiger partial charge in [-0.3, -0.25) is 4.79 Å². The van der Waals surface area contributed by atoms with Crippen molar-refractivity contribution in [3.63, 3.8) is 0 Å². The van der Waals surface area contributed by atoms with E-state index in [4.69, 9.17) is 14.5 Å². The highest BCUT2D eigenvalue weighted by molar-refractivity contribution is 5.99. The van der Waals surface area contributed by atoms with Gasteiger partial charge in [0.2, 0.25) is 0 Å². The molecule has 178 valence electrons. The number of aromatic nitrogens is 1. The van der Waals surface area contributed by atoms with Crippen LogP contribution in [-0.2, 0) is 6.54 Å². The monoisotopic (exact) mass is 464 g/mol. The Balaban J connectivity index is 1.69. The summed E-state index contributed by atoms with van der Waals surface area (Å²) in [6, 6.07) is 15.5. The summed E-state index contributed by atoms with van der Waals surface area (Å²) in [6.07, 6.45) is 0. The van der Waals surface area contributed by atoms with Gasteiger partial charge in [-0.25, -0.2) is 9.37 Å². The number of likely N-dealkylation sites (N-methyl/N-ethyl adjacent to an activating group) is 1. The summed E-state index contributed by atoms with van der Waals surface area (Å²) in [5.41, 5.74) is 2.33. The molecule has 1 aliphatic rings. The van der Waals surface area contributed by atoms with Crippen LogP contribution < -0.4 is 19.7 Å². The SMILES string of the molecule is COc1ccc(OC)c(-c2ccc(C(=O)NCc3ccccc3F)c(N3CCN(C)CC3)n2)c1. The van der Waals surface area contributed by atoms with Gasteiger partial charge in [-0.05, 0) is 43.4 Å². The molecule has 0 radical (unpaired) electrons. The van der Waals surface area contributed by atoms with E-state index in [0.717, 1.165) is 31.7 Å². The molecule has 2 heterocycles. The van der Waals surface area contributed by atoms with Gasteiger partial charge in [-0.1, -0.05) is 18.2 Å². The topological polar surface area (TPSA) is 66.9 Å². The number of hydrogen-bond acceptors (Lipinski definition) is 6. The van der Waals surface area contributed by atoms with Crippen LogP contribution in [0.3, 0.4) is 0 Å². The van der Waals surface area contributed by atoms with Crippen molar-refractivity contribution in [2.45, 2.75) is 6.54 Å². The van der Waals surface area contributed by atoms with E-state index in [1.54, 1.807) is 44.6 Å². The van der Waals surface area contributed by atoms with Crippen molar-refractivity contribution >= 4 is 11.7 Å². The summed E-state index contributed by atoms with van der Waals surface area (Å²) in [7, 11) is 5.29. The minimum absolute atomic E-state index is 0.0964. The molecule has 1 amide bonds. The number of pyridine rings is 1. The molecule has 2 aromatic carbocycles. The summed E-state index contributed by atoms with van der Waals surface area (Å²) in [5.74, 6) is 1.30. The molecule has 0 atom stereocenters. The van der Waals surface area contributed by atoms with Crippen LogP contribution >= 0.6 is 0 Å². The predicted molar refractivity (Wildman–Crippen MR) is 130 cm³/mol. The van der Waals surface area contributed by atoms with Gasteiger partial charge in [0.1, 0.15) is 23.1 Å². The predicted octanol–water partition coefficient (Wildman–Crippen LogP) is 3.59. The third kappa shape index (κ3) is 5.12. The molecule has 0 unspecified atom stereocenters. The number of carbonyl (C=O) groups is 1. The summed E-state index contributed by atoms with van der Waals surface area (Å²) < 4.78 is 25.0. The number of halogens is 1. The average Bonchev–Trinajstić information content (AvgIpc) is 2.87. The molecule has 7 nitrogen and oxygen atoms in total. The number of nitrogens with zero attached hydrogens (tertiary/aromatic N) is 3. The maximum Gasteiger partial charge on any atom is 0.255 e. The lowest BCUT2D eigenvalue weighted by Crippen LogP contribution is -2.45. The van der Waals surface area contributed by atoms with E-state index in [1.807, 2.05) is 18.2 Å². The number of carbonyl (C=O) groups excluding carboxylic acids is 1. The Kier molecular flexibility index (Phi) is 7.27. The second kappa shape index (κ2) is 10.5. The average molecular weight is 465 g/mol. The van der Waals surface area contributed by atoms with E-state index in [9.17, 15) is 9.18 Å². The minimum Gasteiger partial charge on any atom is -0.497 e. The van der Waals surface area contributed by atoms with Gasteiger partial charge in [0.25, 0.3) is 5.91 Å². The molecule has 1 saturated heterocycles. The van der Waals surface area contributed by atoms with Gasteiger partial charge in [-0.2, -0.15) is 0 Å². The van der Waals surface area contributed by atoms with Crippen LogP contribution in [-0.4, -0.2) is 63.2 Å². The molecule has 1 aromatic heterocycles. The van der Waals surface area contributed by atoms with Crippen molar-refractivity contribution in [1.82, 2.24) is 15.2 Å². The van der Waals surface area contributed by atoms with Crippen LogP contribution in [0.2, 0.25) is 0 Å². The molecule has 1 fully saturated rings. The minimum atomic E-state index is -0.347. The Morgan fingerprint density at radius 1 is 1.03 bits per heavy atom. The molecule has 34 heavy (non-hydrogen) atoms. The highest BCUT2D eigenvalue weighted by atomic mass is 19.1. The number of nitrogens with one attached hydrogen (secondary N) is 1. The van der Waals surface area contributed by atoms with E-state index in [1.165, 1.54) is 6.07 Å². The quantitative estimate of drug-likeness (QED) is 0.577. The Morgan fingerprint density at radius 2 is 1.79 bits per heavy atom. The zero-order chi connectivity index (χ0) is 24.1. The number of piperazine rings is 1. The lowest BCUT2D eigenvalue weighted by atomic mass is 10.1. The molecule has 0 saturated carbocycles. The molecule has 4 rings (SSSR count). The number of methoxy groups -OCH3 is 2. The summed E-state index contributed by atoms with van der Waals surface area (Å²) in [4.78, 5) is 22.4. The van der Waals surface area contributed by atoms with Gasteiger partial charge < -0.3 is 24.6 Å².